The average Bonchev–Trinajstić information content (AvgIpc) is 3.78. The monoisotopic (exact) mass is 777 g/mol. The van der Waals surface area contributed by atoms with E-state index < -0.39 is 23.0 Å². The number of amides is 1. The lowest BCUT2D eigenvalue weighted by atomic mass is 9.44. The number of hydrogen-bond donors (Lipinski definition) is 1. The molecule has 0 radical (unpaired) electrons. The largest absolute Gasteiger partial charge is 0.461 e. The van der Waals surface area contributed by atoms with E-state index in [-0.39, 0.29) is 51.8 Å². The van der Waals surface area contributed by atoms with Gasteiger partial charge in [-0.15, -0.1) is 18.3 Å². The molecule has 7 rings (SSSR count). The summed E-state index contributed by atoms with van der Waals surface area (Å²) in [5.41, 5.74) is 0.0895. The van der Waals surface area contributed by atoms with Gasteiger partial charge in [-0.05, 0) is 82.7 Å². The number of Topliss-reactive ketones (excluding diaryl/α,β-unsaturated/α-hetero) is 1. The van der Waals surface area contributed by atoms with Crippen LogP contribution >= 0.6 is 11.8 Å². The van der Waals surface area contributed by atoms with Gasteiger partial charge in [0.05, 0.1) is 18.2 Å². The molecule has 2 aromatic rings. The molecule has 5 aliphatic rings. The van der Waals surface area contributed by atoms with Crippen LogP contribution in [0.5, 0.6) is 0 Å². The molecule has 4 heterocycles. The number of anilines is 1. The molecule has 2 aromatic heterocycles. The van der Waals surface area contributed by atoms with Gasteiger partial charge in [-0.2, -0.15) is 0 Å². The third kappa shape index (κ3) is 7.24. The average molecular weight is 778 g/mol. The van der Waals surface area contributed by atoms with Crippen LogP contribution in [-0.4, -0.2) is 122 Å². The number of aliphatic hydroxyl groups is 1. The third-order valence-electron chi connectivity index (χ3n) is 15.2. The predicted octanol–water partition coefficient (Wildman–Crippen LogP) is 5.38. The number of carbonyl (C=O) groups excluding carboxylic acids is 3. The van der Waals surface area contributed by atoms with Gasteiger partial charge < -0.3 is 29.1 Å². The van der Waals surface area contributed by atoms with Crippen LogP contribution in [0.4, 0.5) is 5.82 Å². The number of thioether (sulfide) groups is 1. The van der Waals surface area contributed by atoms with Crippen molar-refractivity contribution in [1.29, 1.82) is 0 Å². The van der Waals surface area contributed by atoms with Crippen molar-refractivity contribution >= 4 is 46.4 Å². The minimum absolute atomic E-state index is 0.0568. The highest BCUT2D eigenvalue weighted by Crippen LogP contribution is 2.68. The van der Waals surface area contributed by atoms with E-state index in [0.29, 0.717) is 44.9 Å². The molecule has 1 amide bonds. The highest BCUT2D eigenvalue weighted by Gasteiger charge is 2.68. The summed E-state index contributed by atoms with van der Waals surface area (Å²) >= 11 is 1.61. The Labute approximate surface area is 331 Å². The molecule has 12 nitrogen and oxygen atoms in total. The standard InChI is InChI=1S/C42H63N7O5S/c1-8-40(4)23-32(41(5)27(2)9-16-42(28(3)37(40)53)17-10-31(50)36(41)42)54-34(52)24-55-30-13-20-47(21-14-30)33(51)15-22-49-26-45-35-38(43-25-44-39(35)49)48-18-11-29(12-19-48)46(6)7/h8,25-30,32,36-37,53H,1,9-24H2,2-7H3/t27-,28+,32-,36+,37+,40-,41+,42+/m1/s1. The van der Waals surface area contributed by atoms with Crippen molar-refractivity contribution in [3.63, 3.8) is 0 Å². The molecule has 55 heavy (non-hydrogen) atoms. The number of ketones is 1. The van der Waals surface area contributed by atoms with E-state index in [1.807, 2.05) is 22.5 Å². The Morgan fingerprint density at radius 1 is 1.05 bits per heavy atom. The highest BCUT2D eigenvalue weighted by molar-refractivity contribution is 8.00. The first-order valence-electron chi connectivity index (χ1n) is 20.7. The number of rotatable bonds is 10. The number of piperidine rings is 2. The normalized spacial score (nSPS) is 34.8. The Bertz CT molecular complexity index is 1750. The van der Waals surface area contributed by atoms with Crippen molar-refractivity contribution < 1.29 is 24.2 Å². The Balaban J connectivity index is 0.921. The number of hydrogen-bond acceptors (Lipinski definition) is 11. The number of aliphatic hydroxyl groups excluding tert-OH is 1. The molecule has 302 valence electrons. The Morgan fingerprint density at radius 3 is 2.47 bits per heavy atom. The Kier molecular flexibility index (Phi) is 11.5. The van der Waals surface area contributed by atoms with Gasteiger partial charge in [0.1, 0.15) is 18.2 Å². The summed E-state index contributed by atoms with van der Waals surface area (Å²) in [4.78, 5) is 61.1. The van der Waals surface area contributed by atoms with Crippen molar-refractivity contribution in [2.24, 2.45) is 34.0 Å². The Morgan fingerprint density at radius 2 is 1.78 bits per heavy atom. The number of nitrogens with zero attached hydrogens (tertiary/aromatic N) is 7. The predicted molar refractivity (Wildman–Crippen MR) is 216 cm³/mol. The summed E-state index contributed by atoms with van der Waals surface area (Å²) in [6, 6.07) is 0.578. The first-order chi connectivity index (χ1) is 26.2. The minimum Gasteiger partial charge on any atom is -0.461 e. The molecule has 0 spiro atoms. The molecule has 2 saturated heterocycles. The van der Waals surface area contributed by atoms with Crippen LogP contribution in [0, 0.1) is 34.0 Å². The maximum Gasteiger partial charge on any atom is 0.316 e. The minimum atomic E-state index is -0.679. The summed E-state index contributed by atoms with van der Waals surface area (Å²) in [6.07, 6.45) is 11.8. The first kappa shape index (κ1) is 40.2. The van der Waals surface area contributed by atoms with Gasteiger partial charge in [0, 0.05) is 73.6 Å². The molecule has 1 N–H and O–H groups in total. The highest BCUT2D eigenvalue weighted by atomic mass is 32.2. The van der Waals surface area contributed by atoms with Crippen molar-refractivity contribution in [2.45, 2.75) is 122 Å². The topological polar surface area (TPSA) is 134 Å². The second kappa shape index (κ2) is 15.7. The Hall–Kier alpha value is -3.03. The first-order valence-corrected chi connectivity index (χ1v) is 21.8. The zero-order chi connectivity index (χ0) is 39.3. The van der Waals surface area contributed by atoms with E-state index in [1.165, 1.54) is 0 Å². The quantitative estimate of drug-likeness (QED) is 0.246. The van der Waals surface area contributed by atoms with E-state index in [9.17, 15) is 19.5 Å². The van der Waals surface area contributed by atoms with Crippen LogP contribution in [0.3, 0.4) is 0 Å². The van der Waals surface area contributed by atoms with Gasteiger partial charge >= 0.3 is 5.97 Å². The molecule has 8 atom stereocenters. The van der Waals surface area contributed by atoms with Gasteiger partial charge in [0.15, 0.2) is 17.0 Å². The van der Waals surface area contributed by atoms with Crippen molar-refractivity contribution in [3.8, 4) is 0 Å². The van der Waals surface area contributed by atoms with E-state index >= 15 is 0 Å². The lowest BCUT2D eigenvalue weighted by Crippen LogP contribution is -2.63. The zero-order valence-electron chi connectivity index (χ0n) is 33.9. The molecular formula is C42H63N7O5S. The van der Waals surface area contributed by atoms with Crippen LogP contribution < -0.4 is 4.90 Å². The number of aryl methyl sites for hydroxylation is 1. The summed E-state index contributed by atoms with van der Waals surface area (Å²) in [5.74, 6) is 1.11. The number of fused-ring (bicyclic) bond motifs is 1. The number of imidazole rings is 1. The second-order valence-electron chi connectivity index (χ2n) is 18.2. The van der Waals surface area contributed by atoms with Crippen LogP contribution in [0.1, 0.15) is 91.9 Å². The molecular weight excluding hydrogens is 715 g/mol. The van der Waals surface area contributed by atoms with E-state index in [1.54, 1.807) is 24.4 Å². The number of ether oxygens (including phenoxy) is 1. The lowest BCUT2D eigenvalue weighted by Gasteiger charge is -2.61. The number of likely N-dealkylation sites (tertiary alicyclic amines) is 1. The molecule has 5 fully saturated rings. The van der Waals surface area contributed by atoms with Gasteiger partial charge in [0.25, 0.3) is 0 Å². The fourth-order valence-electron chi connectivity index (χ4n) is 11.4. The molecule has 13 heteroatoms. The zero-order valence-corrected chi connectivity index (χ0v) is 34.7. The smallest absolute Gasteiger partial charge is 0.316 e. The van der Waals surface area contributed by atoms with Crippen LogP contribution in [-0.2, 0) is 25.7 Å². The van der Waals surface area contributed by atoms with Crippen LogP contribution in [0.25, 0.3) is 11.2 Å². The molecule has 2 aliphatic heterocycles. The molecule has 0 aromatic carbocycles. The molecule has 0 unspecified atom stereocenters. The summed E-state index contributed by atoms with van der Waals surface area (Å²) in [7, 11) is 4.27. The second-order valence-corrected chi connectivity index (χ2v) is 19.5. The maximum atomic E-state index is 13.7. The molecule has 3 saturated carbocycles. The number of esters is 1. The van der Waals surface area contributed by atoms with Gasteiger partial charge in [-0.25, -0.2) is 15.0 Å². The fraction of sp³-hybridized carbons (Fsp3) is 0.762. The van der Waals surface area contributed by atoms with Crippen molar-refractivity contribution in [3.05, 3.63) is 25.3 Å². The maximum absolute atomic E-state index is 13.7. The lowest BCUT2D eigenvalue weighted by molar-refractivity contribution is -0.205. The van der Waals surface area contributed by atoms with E-state index in [4.69, 9.17) is 4.74 Å². The van der Waals surface area contributed by atoms with E-state index in [2.05, 4.69) is 66.2 Å². The van der Waals surface area contributed by atoms with E-state index in [0.717, 1.165) is 75.0 Å². The summed E-state index contributed by atoms with van der Waals surface area (Å²) < 4.78 is 8.43. The summed E-state index contributed by atoms with van der Waals surface area (Å²) in [5, 5.41) is 12.1. The van der Waals surface area contributed by atoms with Gasteiger partial charge in [-0.3, -0.25) is 14.4 Å². The fourth-order valence-corrected chi connectivity index (χ4v) is 12.4. The number of aromatic nitrogens is 4. The molecule has 2 bridgehead atoms. The van der Waals surface area contributed by atoms with Crippen LogP contribution in [0.15, 0.2) is 25.3 Å². The van der Waals surface area contributed by atoms with Gasteiger partial charge in [0.2, 0.25) is 5.91 Å². The molecule has 3 aliphatic carbocycles. The summed E-state index contributed by atoms with van der Waals surface area (Å²) in [6.45, 7) is 16.3. The third-order valence-corrected chi connectivity index (χ3v) is 16.6. The number of carbonyl (C=O) groups is 3. The SMILES string of the molecule is C=C[C@]1(C)C[C@@H](OC(=O)CSC2CCN(C(=O)CCn3cnc4c(N5CCC(N(C)C)CC5)ncnc43)CC2)[C@]2(C)[C@H](C)CC[C@]3(CCC(=O)[C@H]32)[C@@H](C)[C@@H]1O. The van der Waals surface area contributed by atoms with Gasteiger partial charge in [-0.1, -0.05) is 33.8 Å². The van der Waals surface area contributed by atoms with Crippen LogP contribution in [0.2, 0.25) is 0 Å². The van der Waals surface area contributed by atoms with Crippen molar-refractivity contribution in [1.82, 2.24) is 29.3 Å². The van der Waals surface area contributed by atoms with Crippen molar-refractivity contribution in [2.75, 3.05) is 50.9 Å².